The van der Waals surface area contributed by atoms with E-state index in [0.717, 1.165) is 36.5 Å². The molecule has 0 radical (unpaired) electrons. The summed E-state index contributed by atoms with van der Waals surface area (Å²) in [6.45, 7) is 3.64. The predicted molar refractivity (Wildman–Crippen MR) is 147 cm³/mol. The molecule has 3 N–H and O–H groups in total. The molecule has 1 aliphatic rings. The van der Waals surface area contributed by atoms with Crippen molar-refractivity contribution in [1.82, 2.24) is 9.97 Å². The van der Waals surface area contributed by atoms with Gasteiger partial charge in [-0.3, -0.25) is 10.2 Å². The van der Waals surface area contributed by atoms with E-state index in [1.54, 1.807) is 23.1 Å². The number of aliphatic hydroxyl groups excluding tert-OH is 2. The molecule has 0 bridgehead atoms. The third-order valence-corrected chi connectivity index (χ3v) is 5.84. The number of anilines is 3. The van der Waals surface area contributed by atoms with E-state index in [0.29, 0.717) is 23.2 Å². The second-order valence-electron chi connectivity index (χ2n) is 8.07. The minimum Gasteiger partial charge on any atom is -0.475 e. The monoisotopic (exact) mass is 531 g/mol. The zero-order chi connectivity index (χ0) is 24.8. The average molecular weight is 532 g/mol. The van der Waals surface area contributed by atoms with Crippen LogP contribution in [-0.4, -0.2) is 65.2 Å². The van der Waals surface area contributed by atoms with Gasteiger partial charge in [0.1, 0.15) is 18.5 Å². The summed E-state index contributed by atoms with van der Waals surface area (Å²) in [6.07, 6.45) is -0.232. The number of aliphatic hydroxyl groups is 2. The summed E-state index contributed by atoms with van der Waals surface area (Å²) >= 11 is 6.19. The molecule has 2 aromatic heterocycles. The van der Waals surface area contributed by atoms with Gasteiger partial charge in [0.2, 0.25) is 5.88 Å². The van der Waals surface area contributed by atoms with Crippen LogP contribution in [0.5, 0.6) is 5.88 Å². The third kappa shape index (κ3) is 6.58. The molecule has 36 heavy (non-hydrogen) atoms. The second-order valence-corrected chi connectivity index (χ2v) is 8.51. The van der Waals surface area contributed by atoms with Crippen molar-refractivity contribution in [3.8, 4) is 17.1 Å². The zero-order valence-electron chi connectivity index (χ0n) is 19.9. The first-order valence-electron chi connectivity index (χ1n) is 11.5. The van der Waals surface area contributed by atoms with E-state index in [-0.39, 0.29) is 32.0 Å². The van der Waals surface area contributed by atoms with Crippen molar-refractivity contribution in [3.63, 3.8) is 0 Å². The topological polar surface area (TPSA) is 111 Å². The molecule has 192 valence electrons. The highest BCUT2D eigenvalue weighted by Crippen LogP contribution is 2.34. The fraction of sp³-hybridized carbons (Fsp3) is 0.320. The van der Waals surface area contributed by atoms with Crippen molar-refractivity contribution >= 4 is 48.5 Å². The van der Waals surface area contributed by atoms with Crippen molar-refractivity contribution < 1.29 is 19.7 Å². The fourth-order valence-corrected chi connectivity index (χ4v) is 4.03. The number of aromatic nitrogens is 2. The molecular weight excluding hydrogens is 502 g/mol. The smallest absolute Gasteiger partial charge is 0.328 e. The highest BCUT2D eigenvalue weighted by molar-refractivity contribution is 7.59. The van der Waals surface area contributed by atoms with Crippen molar-refractivity contribution in [2.45, 2.75) is 19.4 Å². The van der Waals surface area contributed by atoms with Crippen LogP contribution < -0.4 is 19.9 Å². The van der Waals surface area contributed by atoms with Gasteiger partial charge < -0.3 is 19.8 Å². The van der Waals surface area contributed by atoms with Gasteiger partial charge in [0.05, 0.1) is 18.0 Å². The van der Waals surface area contributed by atoms with Crippen molar-refractivity contribution in [1.29, 1.82) is 0 Å². The first-order chi connectivity index (χ1) is 17.0. The lowest BCUT2D eigenvalue weighted by atomic mass is 10.1. The van der Waals surface area contributed by atoms with E-state index in [1.165, 1.54) is 0 Å². The number of amides is 2. The maximum absolute atomic E-state index is 13.4. The maximum atomic E-state index is 13.4. The van der Waals surface area contributed by atoms with Crippen LogP contribution in [0.3, 0.4) is 0 Å². The quantitative estimate of drug-likeness (QED) is 0.424. The first kappa shape index (κ1) is 27.5. The van der Waals surface area contributed by atoms with Gasteiger partial charge in [0.25, 0.3) is 0 Å². The Morgan fingerprint density at radius 2 is 1.97 bits per heavy atom. The number of halogens is 1. The number of pyridine rings is 2. The number of nitrogens with one attached hydrogen (secondary N) is 1. The molecule has 0 saturated heterocycles. The highest BCUT2D eigenvalue weighted by Gasteiger charge is 2.27. The van der Waals surface area contributed by atoms with Crippen LogP contribution >= 0.6 is 25.1 Å². The van der Waals surface area contributed by atoms with Gasteiger partial charge in [-0.2, -0.15) is 18.5 Å². The number of nitrogens with zero attached hydrogens (tertiary/aromatic N) is 4. The van der Waals surface area contributed by atoms with Crippen LogP contribution in [0.4, 0.5) is 22.1 Å². The summed E-state index contributed by atoms with van der Waals surface area (Å²) in [7, 11) is 0. The van der Waals surface area contributed by atoms with E-state index in [1.807, 2.05) is 36.4 Å². The largest absolute Gasteiger partial charge is 0.475 e. The van der Waals surface area contributed by atoms with Gasteiger partial charge in [0.15, 0.2) is 5.82 Å². The molecule has 4 rings (SSSR count). The Balaban J connectivity index is 0.00000361. The Labute approximate surface area is 222 Å². The molecule has 1 aromatic carbocycles. The molecule has 1 atom stereocenters. The lowest BCUT2D eigenvalue weighted by Gasteiger charge is -2.25. The summed E-state index contributed by atoms with van der Waals surface area (Å²) in [5.41, 5.74) is 2.47. The molecule has 3 heterocycles. The summed E-state index contributed by atoms with van der Waals surface area (Å²) in [5.74, 6) is 1.10. The van der Waals surface area contributed by atoms with E-state index in [4.69, 9.17) is 26.4 Å². The van der Waals surface area contributed by atoms with Crippen molar-refractivity contribution in [3.05, 3.63) is 59.6 Å². The molecule has 3 aromatic rings. The minimum absolute atomic E-state index is 0. The van der Waals surface area contributed by atoms with Gasteiger partial charge in [-0.25, -0.2) is 9.78 Å². The number of hydrogen-bond acceptors (Lipinski definition) is 7. The molecule has 0 saturated carbocycles. The van der Waals surface area contributed by atoms with Gasteiger partial charge in [-0.05, 0) is 43.7 Å². The molecule has 11 heteroatoms. The SMILES string of the molecule is CCN1CCCN(C(=O)Nc2cccc(OC[C@@H](O)CO)n2)c2nc(-c3cccc(Cl)c3)ccc21.S. The van der Waals surface area contributed by atoms with Crippen molar-refractivity contribution in [2.24, 2.45) is 0 Å². The second kappa shape index (κ2) is 12.8. The van der Waals surface area contributed by atoms with Crippen LogP contribution in [-0.2, 0) is 0 Å². The third-order valence-electron chi connectivity index (χ3n) is 5.60. The normalized spacial score (nSPS) is 13.8. The lowest BCUT2D eigenvalue weighted by Crippen LogP contribution is -2.36. The van der Waals surface area contributed by atoms with Crippen LogP contribution in [0.25, 0.3) is 11.3 Å². The van der Waals surface area contributed by atoms with Crippen LogP contribution in [0.1, 0.15) is 13.3 Å². The predicted octanol–water partition coefficient (Wildman–Crippen LogP) is 3.91. The summed E-state index contributed by atoms with van der Waals surface area (Å²) in [4.78, 5) is 26.4. The van der Waals surface area contributed by atoms with Gasteiger partial charge in [-0.15, -0.1) is 0 Å². The Bertz CT molecular complexity index is 1180. The summed E-state index contributed by atoms with van der Waals surface area (Å²) in [5, 5.41) is 21.9. The summed E-state index contributed by atoms with van der Waals surface area (Å²) in [6, 6.07) is 16.0. The number of urea groups is 1. The van der Waals surface area contributed by atoms with Gasteiger partial charge >= 0.3 is 6.03 Å². The molecule has 0 spiro atoms. The summed E-state index contributed by atoms with van der Waals surface area (Å²) < 4.78 is 5.39. The molecule has 0 aliphatic carbocycles. The average Bonchev–Trinajstić information content (AvgIpc) is 3.06. The first-order valence-corrected chi connectivity index (χ1v) is 11.9. The van der Waals surface area contributed by atoms with E-state index in [2.05, 4.69) is 22.1 Å². The Morgan fingerprint density at radius 1 is 1.17 bits per heavy atom. The highest BCUT2D eigenvalue weighted by atomic mass is 35.5. The molecule has 1 aliphatic heterocycles. The molecule has 2 amide bonds. The van der Waals surface area contributed by atoms with Crippen LogP contribution in [0.15, 0.2) is 54.6 Å². The Kier molecular flexibility index (Phi) is 9.77. The number of hydrogen-bond donors (Lipinski definition) is 3. The van der Waals surface area contributed by atoms with E-state index < -0.39 is 12.7 Å². The van der Waals surface area contributed by atoms with Gasteiger partial charge in [-0.1, -0.05) is 29.8 Å². The maximum Gasteiger partial charge on any atom is 0.328 e. The van der Waals surface area contributed by atoms with Crippen molar-refractivity contribution in [2.75, 3.05) is 48.0 Å². The fourth-order valence-electron chi connectivity index (χ4n) is 3.84. The van der Waals surface area contributed by atoms with Crippen LogP contribution in [0, 0.1) is 0 Å². The number of carbonyl (C=O) groups excluding carboxylic acids is 1. The molecular formula is C25H30ClN5O4S. The standard InChI is InChI=1S/C25H28ClN5O4.H2S/c1-2-30-12-5-13-31(24-21(30)11-10-20(27-24)17-6-3-7-18(26)14-17)25(34)29-22-8-4-9-23(28-22)35-16-19(33)15-32;/h3-4,6-11,14,19,32-33H,2,5,12-13,15-16H2,1H3,(H,28,29,34);1H2/t19-;/m0./s1. The molecule has 0 fully saturated rings. The lowest BCUT2D eigenvalue weighted by molar-refractivity contribution is 0.0521. The van der Waals surface area contributed by atoms with E-state index in [9.17, 15) is 9.90 Å². The van der Waals surface area contributed by atoms with Gasteiger partial charge in [0, 0.05) is 36.3 Å². The number of ether oxygens (including phenoxy) is 1. The van der Waals surface area contributed by atoms with Crippen LogP contribution in [0.2, 0.25) is 5.02 Å². The number of carbonyl (C=O) groups is 1. The minimum atomic E-state index is -1.01. The van der Waals surface area contributed by atoms with E-state index >= 15 is 0 Å². The number of benzene rings is 1. The zero-order valence-corrected chi connectivity index (χ0v) is 21.6. The number of rotatable bonds is 7. The number of fused-ring (bicyclic) bond motifs is 1. The Hall–Kier alpha value is -3.05. The molecule has 0 unspecified atom stereocenters. The molecule has 9 nitrogen and oxygen atoms in total. The Morgan fingerprint density at radius 3 is 2.72 bits per heavy atom.